The summed E-state index contributed by atoms with van der Waals surface area (Å²) in [6.45, 7) is 10.3. The molecule has 1 aliphatic carbocycles. The van der Waals surface area contributed by atoms with Gasteiger partial charge in [-0.3, -0.25) is 0 Å². The highest BCUT2D eigenvalue weighted by Gasteiger charge is 2.28. The van der Waals surface area contributed by atoms with Crippen molar-refractivity contribution in [1.82, 2.24) is 15.1 Å². The molecule has 1 aromatic carbocycles. The van der Waals surface area contributed by atoms with Crippen LogP contribution < -0.4 is 11.1 Å². The molecule has 1 fully saturated rings. The van der Waals surface area contributed by atoms with Gasteiger partial charge in [-0.2, -0.15) is 0 Å². The van der Waals surface area contributed by atoms with E-state index in [0.29, 0.717) is 12.0 Å². The highest BCUT2D eigenvalue weighted by Crippen LogP contribution is 2.28. The van der Waals surface area contributed by atoms with Gasteiger partial charge in [0.15, 0.2) is 0 Å². The van der Waals surface area contributed by atoms with Gasteiger partial charge in [0, 0.05) is 37.4 Å². The van der Waals surface area contributed by atoms with Crippen LogP contribution >= 0.6 is 0 Å². The Morgan fingerprint density at radius 2 is 2.00 bits per heavy atom. The van der Waals surface area contributed by atoms with Crippen molar-refractivity contribution in [2.75, 3.05) is 31.9 Å². The van der Waals surface area contributed by atoms with Gasteiger partial charge in [0.1, 0.15) is 0 Å². The summed E-state index contributed by atoms with van der Waals surface area (Å²) in [6, 6.07) is 7.31. The van der Waals surface area contributed by atoms with Gasteiger partial charge in [-0.15, -0.1) is 0 Å². The number of rotatable bonds is 5. The number of piperidine rings is 1. The van der Waals surface area contributed by atoms with Crippen LogP contribution in [0.2, 0.25) is 0 Å². The van der Waals surface area contributed by atoms with Crippen molar-refractivity contribution < 1.29 is 4.79 Å². The van der Waals surface area contributed by atoms with Crippen molar-refractivity contribution in [2.24, 2.45) is 5.92 Å². The molecule has 0 bridgehead atoms. The second-order valence-electron chi connectivity index (χ2n) is 8.55. The number of nitrogens with one attached hydrogen (secondary N) is 1. The summed E-state index contributed by atoms with van der Waals surface area (Å²) < 4.78 is 0. The van der Waals surface area contributed by atoms with Gasteiger partial charge in [-0.25, -0.2) is 4.79 Å². The lowest BCUT2D eigenvalue weighted by molar-refractivity contribution is 0.120. The zero-order chi connectivity index (χ0) is 19.4. The smallest absolute Gasteiger partial charge is 0.317 e. The molecule has 1 saturated heterocycles. The van der Waals surface area contributed by atoms with E-state index in [1.54, 1.807) is 0 Å². The Hall–Kier alpha value is -1.75. The molecule has 0 radical (unpaired) electrons. The number of nitrogens with two attached hydrogens (primary N) is 1. The van der Waals surface area contributed by atoms with Crippen LogP contribution in [0.3, 0.4) is 0 Å². The van der Waals surface area contributed by atoms with Crippen molar-refractivity contribution in [1.29, 1.82) is 0 Å². The lowest BCUT2D eigenvalue weighted by atomic mass is 9.86. The minimum Gasteiger partial charge on any atom is -0.399 e. The first-order valence-corrected chi connectivity index (χ1v) is 10.6. The molecule has 0 saturated carbocycles. The maximum absolute atomic E-state index is 12.2. The number of hydrogen-bond donors (Lipinski definition) is 2. The fourth-order valence-electron chi connectivity index (χ4n) is 4.59. The van der Waals surface area contributed by atoms with Crippen molar-refractivity contribution >= 4 is 11.7 Å². The van der Waals surface area contributed by atoms with Gasteiger partial charge >= 0.3 is 6.03 Å². The van der Waals surface area contributed by atoms with E-state index in [0.717, 1.165) is 57.5 Å². The molecule has 2 amide bonds. The lowest BCUT2D eigenvalue weighted by Crippen LogP contribution is -2.48. The van der Waals surface area contributed by atoms with Gasteiger partial charge in [-0.1, -0.05) is 13.0 Å². The predicted octanol–water partition coefficient (Wildman–Crippen LogP) is 3.28. The number of benzene rings is 1. The molecule has 0 aromatic heterocycles. The Bertz CT molecular complexity index is 637. The molecular weight excluding hydrogens is 336 g/mol. The summed E-state index contributed by atoms with van der Waals surface area (Å²) in [7, 11) is 0. The van der Waals surface area contributed by atoms with Gasteiger partial charge < -0.3 is 20.9 Å². The Kier molecular flexibility index (Phi) is 6.64. The zero-order valence-corrected chi connectivity index (χ0v) is 17.2. The summed E-state index contributed by atoms with van der Waals surface area (Å²) >= 11 is 0. The molecule has 1 heterocycles. The molecule has 5 heteroatoms. The molecule has 27 heavy (non-hydrogen) atoms. The molecule has 0 spiro atoms. The van der Waals surface area contributed by atoms with E-state index in [-0.39, 0.29) is 12.1 Å². The molecule has 3 rings (SSSR count). The fourth-order valence-corrected chi connectivity index (χ4v) is 4.59. The number of likely N-dealkylation sites (tertiary alicyclic amines) is 1. The number of aryl methyl sites for hydroxylation is 1. The van der Waals surface area contributed by atoms with Crippen LogP contribution in [-0.4, -0.2) is 54.1 Å². The molecule has 1 aliphatic heterocycles. The number of anilines is 1. The number of amides is 2. The number of likely N-dealkylation sites (N-methyl/N-ethyl adjacent to an activating group) is 1. The van der Waals surface area contributed by atoms with Crippen molar-refractivity contribution in [3.05, 3.63) is 29.3 Å². The predicted molar refractivity (Wildman–Crippen MR) is 112 cm³/mol. The Balaban J connectivity index is 1.52. The zero-order valence-electron chi connectivity index (χ0n) is 17.2. The average Bonchev–Trinajstić information content (AvgIpc) is 2.65. The van der Waals surface area contributed by atoms with Crippen LogP contribution in [0.5, 0.6) is 0 Å². The van der Waals surface area contributed by atoms with Crippen LogP contribution in [0.25, 0.3) is 0 Å². The van der Waals surface area contributed by atoms with E-state index in [4.69, 9.17) is 5.73 Å². The quantitative estimate of drug-likeness (QED) is 0.780. The monoisotopic (exact) mass is 372 g/mol. The Morgan fingerprint density at radius 1 is 1.26 bits per heavy atom. The Labute approximate surface area is 164 Å². The summed E-state index contributed by atoms with van der Waals surface area (Å²) in [5.74, 6) is 0.690. The van der Waals surface area contributed by atoms with E-state index < -0.39 is 0 Å². The van der Waals surface area contributed by atoms with Crippen LogP contribution in [0.15, 0.2) is 18.2 Å². The van der Waals surface area contributed by atoms with Crippen LogP contribution in [0.4, 0.5) is 10.5 Å². The third kappa shape index (κ3) is 5.16. The van der Waals surface area contributed by atoms with E-state index in [1.807, 2.05) is 24.8 Å². The largest absolute Gasteiger partial charge is 0.399 e. The molecule has 1 unspecified atom stereocenters. The first-order chi connectivity index (χ1) is 13.0. The maximum Gasteiger partial charge on any atom is 0.317 e. The number of fused-ring (bicyclic) bond motifs is 1. The minimum atomic E-state index is 0.0947. The molecular formula is C22H36N4O. The van der Waals surface area contributed by atoms with Crippen LogP contribution in [0, 0.1) is 5.92 Å². The molecule has 150 valence electrons. The van der Waals surface area contributed by atoms with E-state index >= 15 is 0 Å². The molecule has 1 aromatic rings. The van der Waals surface area contributed by atoms with Crippen molar-refractivity contribution in [2.45, 2.75) is 65.0 Å². The highest BCUT2D eigenvalue weighted by molar-refractivity contribution is 5.74. The third-order valence-electron chi connectivity index (χ3n) is 6.16. The molecule has 1 atom stereocenters. The van der Waals surface area contributed by atoms with Gasteiger partial charge in [0.2, 0.25) is 0 Å². The number of carbonyl (C=O) groups is 1. The topological polar surface area (TPSA) is 61.6 Å². The van der Waals surface area contributed by atoms with Crippen molar-refractivity contribution in [3.63, 3.8) is 0 Å². The summed E-state index contributed by atoms with van der Waals surface area (Å²) in [5.41, 5.74) is 9.79. The second kappa shape index (κ2) is 8.96. The van der Waals surface area contributed by atoms with E-state index in [2.05, 4.69) is 29.3 Å². The number of nitrogens with zero attached hydrogens (tertiary/aromatic N) is 2. The SMILES string of the molecule is CCN(CC1CCN(C(=O)NC(C)C)CC1)C1CCc2ccc(N)cc2C1. The van der Waals surface area contributed by atoms with Gasteiger partial charge in [0.25, 0.3) is 0 Å². The van der Waals surface area contributed by atoms with E-state index in [9.17, 15) is 4.79 Å². The van der Waals surface area contributed by atoms with Gasteiger partial charge in [-0.05, 0) is 81.7 Å². The van der Waals surface area contributed by atoms with Crippen LogP contribution in [-0.2, 0) is 12.8 Å². The first-order valence-electron chi connectivity index (χ1n) is 10.6. The third-order valence-corrected chi connectivity index (χ3v) is 6.16. The minimum absolute atomic E-state index is 0.0947. The second-order valence-corrected chi connectivity index (χ2v) is 8.55. The summed E-state index contributed by atoms with van der Waals surface area (Å²) in [6.07, 6.45) is 5.73. The first kappa shape index (κ1) is 20.0. The molecule has 2 aliphatic rings. The normalized spacial score (nSPS) is 20.8. The Morgan fingerprint density at radius 3 is 2.67 bits per heavy atom. The molecule has 3 N–H and O–H groups in total. The molecule has 5 nitrogen and oxygen atoms in total. The highest BCUT2D eigenvalue weighted by atomic mass is 16.2. The van der Waals surface area contributed by atoms with Crippen molar-refractivity contribution in [3.8, 4) is 0 Å². The number of hydrogen-bond acceptors (Lipinski definition) is 3. The number of urea groups is 1. The van der Waals surface area contributed by atoms with E-state index in [1.165, 1.54) is 17.5 Å². The summed E-state index contributed by atoms with van der Waals surface area (Å²) in [5, 5.41) is 3.01. The number of carbonyl (C=O) groups excluding carboxylic acids is 1. The van der Waals surface area contributed by atoms with Crippen LogP contribution in [0.1, 0.15) is 51.2 Å². The lowest BCUT2D eigenvalue weighted by Gasteiger charge is -2.39. The number of nitrogen functional groups attached to an aromatic ring is 1. The fraction of sp³-hybridized carbons (Fsp3) is 0.682. The standard InChI is InChI=1S/C22H36N4O/c1-4-25(21-8-6-18-5-7-20(23)13-19(18)14-21)15-17-9-11-26(12-10-17)22(27)24-16(2)3/h5,7,13,16-17,21H,4,6,8-12,14-15,23H2,1-3H3,(H,24,27). The van der Waals surface area contributed by atoms with Gasteiger partial charge in [0.05, 0.1) is 0 Å². The summed E-state index contributed by atoms with van der Waals surface area (Å²) in [4.78, 5) is 16.8. The maximum atomic E-state index is 12.2. The average molecular weight is 373 g/mol.